The van der Waals surface area contributed by atoms with Gasteiger partial charge in [0.15, 0.2) is 0 Å². The number of aryl methyl sites for hydroxylation is 1. The Labute approximate surface area is 262 Å². The number of rotatable bonds is 5. The fourth-order valence-corrected chi connectivity index (χ4v) is 6.02. The Morgan fingerprint density at radius 2 is 0.867 bits per heavy atom. The number of hydrogen-bond donors (Lipinski definition) is 0. The highest BCUT2D eigenvalue weighted by Crippen LogP contribution is 2.36. The number of pyridine rings is 3. The van der Waals surface area contributed by atoms with Gasteiger partial charge in [-0.1, -0.05) is 133 Å². The van der Waals surface area contributed by atoms with Crippen LogP contribution >= 0.6 is 0 Å². The van der Waals surface area contributed by atoms with Crippen molar-refractivity contribution in [1.29, 1.82) is 0 Å². The third-order valence-corrected chi connectivity index (χ3v) is 8.34. The van der Waals surface area contributed by atoms with Crippen LogP contribution in [0.15, 0.2) is 158 Å². The summed E-state index contributed by atoms with van der Waals surface area (Å²) in [4.78, 5) is 15.3. The zero-order valence-corrected chi connectivity index (χ0v) is 24.9. The Morgan fingerprint density at radius 3 is 1.49 bits per heavy atom. The summed E-state index contributed by atoms with van der Waals surface area (Å²) >= 11 is 0. The van der Waals surface area contributed by atoms with Gasteiger partial charge in [0.2, 0.25) is 0 Å². The van der Waals surface area contributed by atoms with Gasteiger partial charge in [0.1, 0.15) is 0 Å². The summed E-state index contributed by atoms with van der Waals surface area (Å²) in [5.41, 5.74) is 13.4. The van der Waals surface area contributed by atoms with Gasteiger partial charge in [-0.25, -0.2) is 9.97 Å². The van der Waals surface area contributed by atoms with Gasteiger partial charge in [-0.2, -0.15) is 0 Å². The lowest BCUT2D eigenvalue weighted by Crippen LogP contribution is -1.94. The summed E-state index contributed by atoms with van der Waals surface area (Å²) in [6.07, 6.45) is 0. The maximum Gasteiger partial charge on any atom is 0.0978 e. The first kappa shape index (κ1) is 26.7. The van der Waals surface area contributed by atoms with Crippen molar-refractivity contribution in [2.75, 3.05) is 0 Å². The third kappa shape index (κ3) is 5.15. The summed E-state index contributed by atoms with van der Waals surface area (Å²) in [6.45, 7) is 2.03. The Kier molecular flexibility index (Phi) is 6.69. The second kappa shape index (κ2) is 11.3. The summed E-state index contributed by atoms with van der Waals surface area (Å²) in [7, 11) is 0. The van der Waals surface area contributed by atoms with Crippen molar-refractivity contribution in [2.45, 2.75) is 6.92 Å². The summed E-state index contributed by atoms with van der Waals surface area (Å²) < 4.78 is 0. The average Bonchev–Trinajstić information content (AvgIpc) is 3.12. The monoisotopic (exact) mass is 575 g/mol. The molecule has 8 aromatic rings. The molecule has 8 rings (SSSR count). The van der Waals surface area contributed by atoms with Gasteiger partial charge in [0, 0.05) is 33.2 Å². The fraction of sp³-hybridized carbons (Fsp3) is 0.0238. The molecule has 212 valence electrons. The van der Waals surface area contributed by atoms with Crippen molar-refractivity contribution in [3.63, 3.8) is 0 Å². The van der Waals surface area contributed by atoms with Crippen molar-refractivity contribution in [1.82, 2.24) is 15.0 Å². The second-order valence-corrected chi connectivity index (χ2v) is 11.3. The number of hydrogen-bond acceptors (Lipinski definition) is 3. The van der Waals surface area contributed by atoms with E-state index in [2.05, 4.69) is 146 Å². The highest BCUT2D eigenvalue weighted by atomic mass is 14.8. The molecule has 0 amide bonds. The Bertz CT molecular complexity index is 2240. The molecule has 5 aromatic carbocycles. The molecule has 45 heavy (non-hydrogen) atoms. The molecular weight excluding hydrogens is 546 g/mol. The van der Waals surface area contributed by atoms with Gasteiger partial charge in [-0.3, -0.25) is 4.98 Å². The summed E-state index contributed by atoms with van der Waals surface area (Å²) in [6, 6.07) is 55.1. The highest BCUT2D eigenvalue weighted by Gasteiger charge is 2.14. The molecule has 3 nitrogen and oxygen atoms in total. The minimum atomic E-state index is 0.916. The Morgan fingerprint density at radius 1 is 0.356 bits per heavy atom. The molecule has 0 atom stereocenters. The first-order chi connectivity index (χ1) is 22.2. The van der Waals surface area contributed by atoms with Crippen molar-refractivity contribution in [3.8, 4) is 56.0 Å². The molecule has 3 aromatic heterocycles. The standard InChI is InChI=1S/C42H29N3/c1-28-17-18-34-23-24-36-37(30-13-7-3-8-14-30)27-40(45-42(36)41(34)43-28)33-21-19-32(20-22-33)39-26-35(29-11-5-2-6-12-29)25-38(44-39)31-15-9-4-10-16-31/h2-27H,1H3. The lowest BCUT2D eigenvalue weighted by Gasteiger charge is -2.13. The van der Waals surface area contributed by atoms with Crippen LogP contribution in [-0.4, -0.2) is 15.0 Å². The minimum absolute atomic E-state index is 0.916. The third-order valence-electron chi connectivity index (χ3n) is 8.34. The van der Waals surface area contributed by atoms with Crippen LogP contribution in [0.25, 0.3) is 77.8 Å². The van der Waals surface area contributed by atoms with Gasteiger partial charge in [-0.05, 0) is 53.4 Å². The predicted octanol–water partition coefficient (Wildman–Crippen LogP) is 10.8. The van der Waals surface area contributed by atoms with Crippen LogP contribution in [0.4, 0.5) is 0 Å². The van der Waals surface area contributed by atoms with Crippen LogP contribution in [0.2, 0.25) is 0 Å². The van der Waals surface area contributed by atoms with Crippen molar-refractivity contribution in [2.24, 2.45) is 0 Å². The van der Waals surface area contributed by atoms with E-state index >= 15 is 0 Å². The van der Waals surface area contributed by atoms with Crippen LogP contribution < -0.4 is 0 Å². The molecule has 0 aliphatic carbocycles. The first-order valence-corrected chi connectivity index (χ1v) is 15.2. The average molecular weight is 576 g/mol. The minimum Gasteiger partial charge on any atom is -0.251 e. The smallest absolute Gasteiger partial charge is 0.0978 e. The zero-order chi connectivity index (χ0) is 30.2. The van der Waals surface area contributed by atoms with E-state index in [0.29, 0.717) is 0 Å². The van der Waals surface area contributed by atoms with E-state index in [-0.39, 0.29) is 0 Å². The Balaban J connectivity index is 1.27. The normalized spacial score (nSPS) is 11.2. The molecule has 0 saturated heterocycles. The van der Waals surface area contributed by atoms with Gasteiger partial charge >= 0.3 is 0 Å². The van der Waals surface area contributed by atoms with E-state index in [1.54, 1.807) is 0 Å². The first-order valence-electron chi connectivity index (χ1n) is 15.2. The van der Waals surface area contributed by atoms with Crippen molar-refractivity contribution < 1.29 is 0 Å². The maximum atomic E-state index is 5.23. The quantitative estimate of drug-likeness (QED) is 0.192. The number of aromatic nitrogens is 3. The van der Waals surface area contributed by atoms with E-state index in [1.807, 2.05) is 19.1 Å². The van der Waals surface area contributed by atoms with Crippen LogP contribution in [0.5, 0.6) is 0 Å². The van der Waals surface area contributed by atoms with Gasteiger partial charge in [0.05, 0.1) is 28.1 Å². The van der Waals surface area contributed by atoms with Crippen molar-refractivity contribution >= 4 is 21.8 Å². The SMILES string of the molecule is Cc1ccc2ccc3c(-c4ccccc4)cc(-c4ccc(-c5cc(-c6ccccc6)cc(-c6ccccc6)n5)cc4)nc3c2n1. The predicted molar refractivity (Wildman–Crippen MR) is 187 cm³/mol. The topological polar surface area (TPSA) is 38.7 Å². The van der Waals surface area contributed by atoms with E-state index < -0.39 is 0 Å². The molecule has 3 heteroatoms. The van der Waals surface area contributed by atoms with Gasteiger partial charge in [0.25, 0.3) is 0 Å². The molecule has 0 saturated carbocycles. The van der Waals surface area contributed by atoms with E-state index in [9.17, 15) is 0 Å². The largest absolute Gasteiger partial charge is 0.251 e. The van der Waals surface area contributed by atoms with Crippen LogP contribution in [0.1, 0.15) is 5.69 Å². The maximum absolute atomic E-state index is 5.23. The van der Waals surface area contributed by atoms with Crippen molar-refractivity contribution in [3.05, 3.63) is 163 Å². The fourth-order valence-electron chi connectivity index (χ4n) is 6.02. The van der Waals surface area contributed by atoms with E-state index in [1.165, 1.54) is 5.56 Å². The molecule has 0 radical (unpaired) electrons. The molecule has 0 N–H and O–H groups in total. The lowest BCUT2D eigenvalue weighted by atomic mass is 9.96. The second-order valence-electron chi connectivity index (χ2n) is 11.3. The van der Waals surface area contributed by atoms with Crippen LogP contribution in [0.3, 0.4) is 0 Å². The molecule has 0 unspecified atom stereocenters. The number of nitrogens with zero attached hydrogens (tertiary/aromatic N) is 3. The van der Waals surface area contributed by atoms with E-state index in [0.717, 1.165) is 78.0 Å². The molecule has 3 heterocycles. The number of benzene rings is 5. The summed E-state index contributed by atoms with van der Waals surface area (Å²) in [5, 5.41) is 2.19. The number of fused-ring (bicyclic) bond motifs is 3. The molecule has 0 aliphatic heterocycles. The molecule has 0 fully saturated rings. The molecule has 0 bridgehead atoms. The van der Waals surface area contributed by atoms with E-state index in [4.69, 9.17) is 15.0 Å². The molecular formula is C42H29N3. The molecule has 0 spiro atoms. The Hall–Kier alpha value is -5.93. The van der Waals surface area contributed by atoms with Crippen LogP contribution in [-0.2, 0) is 0 Å². The lowest BCUT2D eigenvalue weighted by molar-refractivity contribution is 1.25. The summed E-state index contributed by atoms with van der Waals surface area (Å²) in [5.74, 6) is 0. The van der Waals surface area contributed by atoms with Gasteiger partial charge < -0.3 is 0 Å². The van der Waals surface area contributed by atoms with Gasteiger partial charge in [-0.15, -0.1) is 0 Å². The zero-order valence-electron chi connectivity index (χ0n) is 24.9. The van der Waals surface area contributed by atoms with Crippen LogP contribution in [0, 0.1) is 6.92 Å². The highest BCUT2D eigenvalue weighted by molar-refractivity contribution is 6.09. The molecule has 0 aliphatic rings.